The summed E-state index contributed by atoms with van der Waals surface area (Å²) in [5, 5.41) is 0. The number of halogens is 1. The van der Waals surface area contributed by atoms with Gasteiger partial charge in [0, 0.05) is 12.1 Å². The van der Waals surface area contributed by atoms with E-state index in [0.717, 1.165) is 0 Å². The van der Waals surface area contributed by atoms with Gasteiger partial charge in [-0.15, -0.1) is 0 Å². The fourth-order valence-corrected chi connectivity index (χ4v) is 2.76. The molecule has 2 aromatic rings. The van der Waals surface area contributed by atoms with Crippen LogP contribution in [0, 0.1) is 0 Å². The standard InChI is InChI=1S/C19H21N2O2.BrH/c1-19(2,3)14-8-10-20(11-9-14)12-13-21-17(22)15-6-4-5-7-16(15)18(21)23;/h4-11H,12-13H2,1-3H3;1H/q+1;/p-1. The maximum atomic E-state index is 12.3. The minimum Gasteiger partial charge on any atom is -1.00 e. The lowest BCUT2D eigenvalue weighted by molar-refractivity contribution is -0.696. The number of carbonyl (C=O) groups is 2. The van der Waals surface area contributed by atoms with Gasteiger partial charge in [-0.05, 0) is 23.1 Å². The van der Waals surface area contributed by atoms with Gasteiger partial charge >= 0.3 is 0 Å². The number of pyridine rings is 1. The minimum atomic E-state index is -0.197. The molecular formula is C19H21BrN2O2. The van der Waals surface area contributed by atoms with Gasteiger partial charge < -0.3 is 17.0 Å². The lowest BCUT2D eigenvalue weighted by atomic mass is 9.88. The van der Waals surface area contributed by atoms with Gasteiger partial charge in [0.2, 0.25) is 0 Å². The number of nitrogens with zero attached hydrogens (tertiary/aromatic N) is 2. The molecule has 0 atom stereocenters. The molecule has 0 unspecified atom stereocenters. The van der Waals surface area contributed by atoms with E-state index < -0.39 is 0 Å². The average molecular weight is 389 g/mol. The van der Waals surface area contributed by atoms with Crippen LogP contribution in [-0.4, -0.2) is 23.3 Å². The highest BCUT2D eigenvalue weighted by Crippen LogP contribution is 2.22. The maximum absolute atomic E-state index is 12.3. The highest BCUT2D eigenvalue weighted by Gasteiger charge is 2.35. The van der Waals surface area contributed by atoms with E-state index in [-0.39, 0.29) is 34.2 Å². The van der Waals surface area contributed by atoms with Gasteiger partial charge in [-0.1, -0.05) is 32.9 Å². The summed E-state index contributed by atoms with van der Waals surface area (Å²) in [5.74, 6) is -0.393. The van der Waals surface area contributed by atoms with Crippen molar-refractivity contribution in [3.05, 3.63) is 65.5 Å². The molecule has 1 aliphatic heterocycles. The average Bonchev–Trinajstić information content (AvgIpc) is 2.77. The van der Waals surface area contributed by atoms with Gasteiger partial charge in [0.1, 0.15) is 0 Å². The smallest absolute Gasteiger partial charge is 0.261 e. The molecule has 0 N–H and O–H groups in total. The molecule has 0 saturated carbocycles. The molecule has 1 aromatic carbocycles. The first-order chi connectivity index (χ1) is 10.9. The molecule has 24 heavy (non-hydrogen) atoms. The first-order valence-electron chi connectivity index (χ1n) is 7.83. The largest absolute Gasteiger partial charge is 1.00 e. The third kappa shape index (κ3) is 3.41. The molecule has 0 bridgehead atoms. The molecule has 0 saturated heterocycles. The Morgan fingerprint density at radius 3 is 1.88 bits per heavy atom. The Bertz CT molecular complexity index is 729. The minimum absolute atomic E-state index is 0. The predicted octanol–water partition coefficient (Wildman–Crippen LogP) is -0.428. The summed E-state index contributed by atoms with van der Waals surface area (Å²) >= 11 is 0. The predicted molar refractivity (Wildman–Crippen MR) is 87.1 cm³/mol. The lowest BCUT2D eigenvalue weighted by Gasteiger charge is -2.17. The molecule has 5 heteroatoms. The second-order valence-electron chi connectivity index (χ2n) is 6.88. The van der Waals surface area contributed by atoms with E-state index >= 15 is 0 Å². The highest BCUT2D eigenvalue weighted by atomic mass is 79.9. The zero-order chi connectivity index (χ0) is 16.6. The van der Waals surface area contributed by atoms with Crippen LogP contribution < -0.4 is 21.5 Å². The number of rotatable bonds is 3. The molecule has 0 spiro atoms. The third-order valence-electron chi connectivity index (χ3n) is 4.22. The molecule has 1 aliphatic rings. The zero-order valence-corrected chi connectivity index (χ0v) is 15.7. The summed E-state index contributed by atoms with van der Waals surface area (Å²) in [6.07, 6.45) is 4.00. The molecule has 0 aliphatic carbocycles. The van der Waals surface area contributed by atoms with Crippen LogP contribution in [0.2, 0.25) is 0 Å². The molecule has 2 heterocycles. The van der Waals surface area contributed by atoms with Crippen LogP contribution in [-0.2, 0) is 12.0 Å². The van der Waals surface area contributed by atoms with E-state index in [0.29, 0.717) is 24.2 Å². The Hall–Kier alpha value is -2.01. The van der Waals surface area contributed by atoms with Gasteiger partial charge in [-0.25, -0.2) is 4.57 Å². The second kappa shape index (κ2) is 6.85. The lowest BCUT2D eigenvalue weighted by Crippen LogP contribution is -3.00. The summed E-state index contributed by atoms with van der Waals surface area (Å²) in [6, 6.07) is 11.2. The fraction of sp³-hybridized carbons (Fsp3) is 0.316. The second-order valence-corrected chi connectivity index (χ2v) is 6.88. The van der Waals surface area contributed by atoms with Crippen LogP contribution in [0.1, 0.15) is 47.1 Å². The van der Waals surface area contributed by atoms with Crippen molar-refractivity contribution in [3.63, 3.8) is 0 Å². The topological polar surface area (TPSA) is 41.3 Å². The fourth-order valence-electron chi connectivity index (χ4n) is 2.76. The molecule has 1 aromatic heterocycles. The summed E-state index contributed by atoms with van der Waals surface area (Å²) in [5.41, 5.74) is 2.38. The number of hydrogen-bond acceptors (Lipinski definition) is 2. The SMILES string of the molecule is CC(C)(C)c1cc[n+](CCN2C(=O)c3ccccc3C2=O)cc1.[Br-]. The Labute approximate surface area is 152 Å². The van der Waals surface area contributed by atoms with Crippen molar-refractivity contribution in [1.82, 2.24) is 4.90 Å². The number of hydrogen-bond donors (Lipinski definition) is 0. The zero-order valence-electron chi connectivity index (χ0n) is 14.1. The van der Waals surface area contributed by atoms with Crippen LogP contribution in [0.5, 0.6) is 0 Å². The number of benzene rings is 1. The highest BCUT2D eigenvalue weighted by molar-refractivity contribution is 6.21. The van der Waals surface area contributed by atoms with Crippen LogP contribution >= 0.6 is 0 Å². The molecule has 4 nitrogen and oxygen atoms in total. The summed E-state index contributed by atoms with van der Waals surface area (Å²) < 4.78 is 2.00. The molecule has 126 valence electrons. The van der Waals surface area contributed by atoms with Crippen LogP contribution in [0.4, 0.5) is 0 Å². The van der Waals surface area contributed by atoms with Crippen LogP contribution in [0.3, 0.4) is 0 Å². The van der Waals surface area contributed by atoms with Gasteiger partial charge in [0.05, 0.1) is 17.7 Å². The molecular weight excluding hydrogens is 368 g/mol. The van der Waals surface area contributed by atoms with Crippen LogP contribution in [0.25, 0.3) is 0 Å². The first-order valence-corrected chi connectivity index (χ1v) is 7.83. The van der Waals surface area contributed by atoms with E-state index in [2.05, 4.69) is 32.9 Å². The van der Waals surface area contributed by atoms with Crippen molar-refractivity contribution in [1.29, 1.82) is 0 Å². The Morgan fingerprint density at radius 2 is 1.42 bits per heavy atom. The molecule has 2 amide bonds. The summed E-state index contributed by atoms with van der Waals surface area (Å²) in [6.45, 7) is 7.49. The van der Waals surface area contributed by atoms with E-state index in [1.165, 1.54) is 10.5 Å². The van der Waals surface area contributed by atoms with E-state index in [9.17, 15) is 9.59 Å². The van der Waals surface area contributed by atoms with E-state index in [4.69, 9.17) is 0 Å². The Morgan fingerprint density at radius 1 is 0.917 bits per heavy atom. The van der Waals surface area contributed by atoms with E-state index in [1.54, 1.807) is 24.3 Å². The molecule has 3 rings (SSSR count). The third-order valence-corrected chi connectivity index (χ3v) is 4.22. The monoisotopic (exact) mass is 388 g/mol. The van der Waals surface area contributed by atoms with Crippen molar-refractivity contribution < 1.29 is 31.1 Å². The van der Waals surface area contributed by atoms with Gasteiger partial charge in [0.25, 0.3) is 11.8 Å². The van der Waals surface area contributed by atoms with Gasteiger partial charge in [-0.3, -0.25) is 14.5 Å². The van der Waals surface area contributed by atoms with Crippen molar-refractivity contribution in [2.24, 2.45) is 0 Å². The number of fused-ring (bicyclic) bond motifs is 1. The quantitative estimate of drug-likeness (QED) is 0.528. The summed E-state index contributed by atoms with van der Waals surface area (Å²) in [4.78, 5) is 25.9. The number of carbonyl (C=O) groups excluding carboxylic acids is 2. The molecule has 0 fully saturated rings. The number of amides is 2. The van der Waals surface area contributed by atoms with Gasteiger partial charge in [-0.2, -0.15) is 0 Å². The summed E-state index contributed by atoms with van der Waals surface area (Å²) in [7, 11) is 0. The van der Waals surface area contributed by atoms with Crippen LogP contribution in [0.15, 0.2) is 48.8 Å². The van der Waals surface area contributed by atoms with Gasteiger partial charge in [0.15, 0.2) is 18.9 Å². The number of aromatic nitrogens is 1. The van der Waals surface area contributed by atoms with E-state index in [1.807, 2.05) is 17.0 Å². The van der Waals surface area contributed by atoms with Crippen molar-refractivity contribution in [2.75, 3.05) is 6.54 Å². The first kappa shape index (κ1) is 18.3. The van der Waals surface area contributed by atoms with Crippen molar-refractivity contribution in [2.45, 2.75) is 32.7 Å². The molecule has 0 radical (unpaired) electrons. The van der Waals surface area contributed by atoms with Crippen molar-refractivity contribution in [3.8, 4) is 0 Å². The number of imide groups is 1. The Kier molecular flexibility index (Phi) is 5.23. The normalized spacial score (nSPS) is 13.7. The Balaban J connectivity index is 0.00000208. The maximum Gasteiger partial charge on any atom is 0.261 e. The van der Waals surface area contributed by atoms with Crippen molar-refractivity contribution >= 4 is 11.8 Å².